The molecule has 2 heterocycles. The third-order valence-electron chi connectivity index (χ3n) is 3.84. The topological polar surface area (TPSA) is 118 Å². The van der Waals surface area contributed by atoms with E-state index in [4.69, 9.17) is 10.9 Å². The van der Waals surface area contributed by atoms with Crippen molar-refractivity contribution in [1.29, 1.82) is 0 Å². The number of nitro groups is 1. The van der Waals surface area contributed by atoms with Gasteiger partial charge in [-0.25, -0.2) is 4.98 Å². The number of rotatable bonds is 4. The quantitative estimate of drug-likeness (QED) is 0.287. The third-order valence-corrected chi connectivity index (χ3v) is 3.84. The van der Waals surface area contributed by atoms with E-state index in [0.29, 0.717) is 11.7 Å². The van der Waals surface area contributed by atoms with Gasteiger partial charge in [0.05, 0.1) is 4.92 Å². The second-order valence-corrected chi connectivity index (χ2v) is 5.17. The molecule has 0 aromatic carbocycles. The molecule has 1 aromatic heterocycles. The van der Waals surface area contributed by atoms with Gasteiger partial charge in [0, 0.05) is 30.9 Å². The van der Waals surface area contributed by atoms with Crippen molar-refractivity contribution in [2.75, 3.05) is 18.0 Å². The SMILES string of the molecule is CCC1CCCN(c2ncc(C(N)=NO)cc2[N+](=O)[O-])C1. The van der Waals surface area contributed by atoms with Crippen LogP contribution >= 0.6 is 0 Å². The molecule has 1 aliphatic heterocycles. The van der Waals surface area contributed by atoms with Gasteiger partial charge in [0.25, 0.3) is 0 Å². The molecule has 1 unspecified atom stereocenters. The zero-order chi connectivity index (χ0) is 15.4. The summed E-state index contributed by atoms with van der Waals surface area (Å²) < 4.78 is 0. The summed E-state index contributed by atoms with van der Waals surface area (Å²) in [5.41, 5.74) is 5.58. The lowest BCUT2D eigenvalue weighted by molar-refractivity contribution is -0.384. The molecule has 114 valence electrons. The van der Waals surface area contributed by atoms with Crippen LogP contribution < -0.4 is 10.6 Å². The van der Waals surface area contributed by atoms with E-state index in [1.807, 2.05) is 4.90 Å². The Morgan fingerprint density at radius 1 is 1.71 bits per heavy atom. The highest BCUT2D eigenvalue weighted by Crippen LogP contribution is 2.30. The first-order chi connectivity index (χ1) is 10.1. The molecule has 8 nitrogen and oxygen atoms in total. The van der Waals surface area contributed by atoms with Crippen molar-refractivity contribution in [2.45, 2.75) is 26.2 Å². The average Bonchev–Trinajstić information content (AvgIpc) is 2.53. The minimum atomic E-state index is -0.480. The number of hydrogen-bond acceptors (Lipinski definition) is 6. The number of nitrogens with two attached hydrogens (primary N) is 1. The summed E-state index contributed by atoms with van der Waals surface area (Å²) in [5, 5.41) is 22.8. The molecule has 1 aromatic rings. The lowest BCUT2D eigenvalue weighted by Gasteiger charge is -2.32. The fourth-order valence-electron chi connectivity index (χ4n) is 2.61. The average molecular weight is 293 g/mol. The molecule has 0 aliphatic carbocycles. The van der Waals surface area contributed by atoms with E-state index in [1.54, 1.807) is 0 Å². The van der Waals surface area contributed by atoms with E-state index in [2.05, 4.69) is 17.1 Å². The Kier molecular flexibility index (Phi) is 4.56. The molecule has 0 radical (unpaired) electrons. The van der Waals surface area contributed by atoms with Gasteiger partial charge in [-0.15, -0.1) is 0 Å². The maximum Gasteiger partial charge on any atom is 0.312 e. The van der Waals surface area contributed by atoms with Gasteiger partial charge in [-0.2, -0.15) is 0 Å². The van der Waals surface area contributed by atoms with Crippen molar-refractivity contribution < 1.29 is 10.1 Å². The van der Waals surface area contributed by atoms with Gasteiger partial charge in [0.2, 0.25) is 5.82 Å². The normalized spacial score (nSPS) is 19.6. The van der Waals surface area contributed by atoms with E-state index < -0.39 is 4.92 Å². The summed E-state index contributed by atoms with van der Waals surface area (Å²) in [7, 11) is 0. The Bertz CT molecular complexity index is 561. The van der Waals surface area contributed by atoms with E-state index in [1.165, 1.54) is 12.3 Å². The summed E-state index contributed by atoms with van der Waals surface area (Å²) in [6, 6.07) is 1.30. The molecule has 1 fully saturated rings. The lowest BCUT2D eigenvalue weighted by Crippen LogP contribution is -2.36. The van der Waals surface area contributed by atoms with Gasteiger partial charge in [-0.05, 0) is 18.8 Å². The van der Waals surface area contributed by atoms with Crippen LogP contribution in [0.4, 0.5) is 11.5 Å². The van der Waals surface area contributed by atoms with Crippen molar-refractivity contribution in [3.05, 3.63) is 27.9 Å². The molecular formula is C13H19N5O3. The summed E-state index contributed by atoms with van der Waals surface area (Å²) >= 11 is 0. The van der Waals surface area contributed by atoms with Crippen LogP contribution in [0.1, 0.15) is 31.7 Å². The molecule has 1 atom stereocenters. The second kappa shape index (κ2) is 6.38. The number of amidine groups is 1. The van der Waals surface area contributed by atoms with Crippen LogP contribution in [0, 0.1) is 16.0 Å². The molecule has 1 saturated heterocycles. The van der Waals surface area contributed by atoms with Gasteiger partial charge < -0.3 is 15.8 Å². The number of hydrogen-bond donors (Lipinski definition) is 2. The first kappa shape index (κ1) is 15.0. The molecule has 0 bridgehead atoms. The van der Waals surface area contributed by atoms with Crippen LogP contribution in [0.3, 0.4) is 0 Å². The Hall–Kier alpha value is -2.38. The van der Waals surface area contributed by atoms with E-state index in [-0.39, 0.29) is 17.1 Å². The van der Waals surface area contributed by atoms with Crippen molar-refractivity contribution >= 4 is 17.3 Å². The maximum atomic E-state index is 11.3. The van der Waals surface area contributed by atoms with Crippen molar-refractivity contribution in [2.24, 2.45) is 16.8 Å². The molecule has 21 heavy (non-hydrogen) atoms. The molecule has 0 spiro atoms. The molecule has 0 saturated carbocycles. The predicted molar refractivity (Wildman–Crippen MR) is 78.6 cm³/mol. The minimum absolute atomic E-state index is 0.115. The Labute approximate surface area is 122 Å². The van der Waals surface area contributed by atoms with Gasteiger partial charge in [-0.1, -0.05) is 18.5 Å². The largest absolute Gasteiger partial charge is 0.409 e. The first-order valence-corrected chi connectivity index (χ1v) is 6.94. The third kappa shape index (κ3) is 3.21. The number of pyridine rings is 1. The minimum Gasteiger partial charge on any atom is -0.409 e. The number of piperidine rings is 1. The predicted octanol–water partition coefficient (Wildman–Crippen LogP) is 1.71. The number of oxime groups is 1. The van der Waals surface area contributed by atoms with Crippen LogP contribution in [0.5, 0.6) is 0 Å². The Morgan fingerprint density at radius 3 is 3.10 bits per heavy atom. The zero-order valence-corrected chi connectivity index (χ0v) is 11.9. The summed E-state index contributed by atoms with van der Waals surface area (Å²) in [4.78, 5) is 16.9. The summed E-state index contributed by atoms with van der Waals surface area (Å²) in [6.45, 7) is 3.65. The van der Waals surface area contributed by atoms with Gasteiger partial charge in [0.15, 0.2) is 5.84 Å². The summed E-state index contributed by atoms with van der Waals surface area (Å²) in [6.07, 6.45) is 4.59. The summed E-state index contributed by atoms with van der Waals surface area (Å²) in [5.74, 6) is 0.693. The fourth-order valence-corrected chi connectivity index (χ4v) is 2.61. The van der Waals surface area contributed by atoms with E-state index in [0.717, 1.165) is 32.4 Å². The monoisotopic (exact) mass is 293 g/mol. The van der Waals surface area contributed by atoms with Gasteiger partial charge in [0.1, 0.15) is 0 Å². The fraction of sp³-hybridized carbons (Fsp3) is 0.538. The van der Waals surface area contributed by atoms with Crippen LogP contribution in [0.25, 0.3) is 0 Å². The number of nitrogens with zero attached hydrogens (tertiary/aromatic N) is 4. The Balaban J connectivity index is 2.36. The van der Waals surface area contributed by atoms with E-state index >= 15 is 0 Å². The molecule has 8 heteroatoms. The highest BCUT2D eigenvalue weighted by molar-refractivity contribution is 5.97. The smallest absolute Gasteiger partial charge is 0.312 e. The standard InChI is InChI=1S/C13H19N5O3/c1-2-9-4-3-5-17(8-9)13-11(18(20)21)6-10(7-15-13)12(14)16-19/h6-7,9,19H,2-5,8H2,1H3,(H2,14,16). The highest BCUT2D eigenvalue weighted by atomic mass is 16.6. The molecule has 2 rings (SSSR count). The maximum absolute atomic E-state index is 11.3. The first-order valence-electron chi connectivity index (χ1n) is 6.94. The van der Waals surface area contributed by atoms with Crippen LogP contribution in [0.15, 0.2) is 17.4 Å². The zero-order valence-electron chi connectivity index (χ0n) is 11.9. The van der Waals surface area contributed by atoms with Crippen molar-refractivity contribution in [3.8, 4) is 0 Å². The van der Waals surface area contributed by atoms with Crippen LogP contribution in [-0.2, 0) is 0 Å². The van der Waals surface area contributed by atoms with Gasteiger partial charge >= 0.3 is 5.69 Å². The van der Waals surface area contributed by atoms with Crippen LogP contribution in [0.2, 0.25) is 0 Å². The van der Waals surface area contributed by atoms with Crippen LogP contribution in [-0.4, -0.2) is 34.0 Å². The second-order valence-electron chi connectivity index (χ2n) is 5.17. The number of anilines is 1. The number of aromatic nitrogens is 1. The van der Waals surface area contributed by atoms with Crippen molar-refractivity contribution in [3.63, 3.8) is 0 Å². The Morgan fingerprint density at radius 2 is 2.48 bits per heavy atom. The van der Waals surface area contributed by atoms with E-state index in [9.17, 15) is 10.1 Å². The van der Waals surface area contributed by atoms with Gasteiger partial charge in [-0.3, -0.25) is 10.1 Å². The molecular weight excluding hydrogens is 274 g/mol. The highest BCUT2D eigenvalue weighted by Gasteiger charge is 2.26. The molecule has 1 aliphatic rings. The molecule has 3 N–H and O–H groups in total. The lowest BCUT2D eigenvalue weighted by atomic mass is 9.95. The van der Waals surface area contributed by atoms with Crippen molar-refractivity contribution in [1.82, 2.24) is 4.98 Å². The molecule has 0 amide bonds.